The summed E-state index contributed by atoms with van der Waals surface area (Å²) in [5.74, 6) is 0.0235. The molecule has 0 atom stereocenters. The predicted molar refractivity (Wildman–Crippen MR) is 79.3 cm³/mol. The van der Waals surface area contributed by atoms with Crippen molar-refractivity contribution in [1.29, 1.82) is 5.26 Å². The summed E-state index contributed by atoms with van der Waals surface area (Å²) < 4.78 is 0.441. The molecule has 0 aromatic heterocycles. The Morgan fingerprint density at radius 3 is 2.33 bits per heavy atom. The average Bonchev–Trinajstić information content (AvgIpc) is 2.39. The molecule has 0 unspecified atom stereocenters. The number of carbonyl (C=O) groups is 1. The molecule has 0 aromatic rings. The highest BCUT2D eigenvalue weighted by atomic mass is 127. The van der Waals surface area contributed by atoms with Gasteiger partial charge in [0.05, 0.1) is 16.0 Å². The van der Waals surface area contributed by atoms with Crippen LogP contribution in [0.4, 0.5) is 0 Å². The van der Waals surface area contributed by atoms with Gasteiger partial charge in [0, 0.05) is 6.54 Å². The molecule has 0 saturated heterocycles. The lowest BCUT2D eigenvalue weighted by molar-refractivity contribution is -0.120. The van der Waals surface area contributed by atoms with E-state index in [2.05, 4.69) is 11.4 Å². The fourth-order valence-corrected chi connectivity index (χ4v) is 2.70. The summed E-state index contributed by atoms with van der Waals surface area (Å²) in [4.78, 5) is 13.5. The van der Waals surface area contributed by atoms with Crippen molar-refractivity contribution in [2.75, 3.05) is 25.1 Å². The van der Waals surface area contributed by atoms with Crippen molar-refractivity contribution in [2.24, 2.45) is 5.73 Å². The molecule has 3 N–H and O–H groups in total. The van der Waals surface area contributed by atoms with E-state index in [-0.39, 0.29) is 11.4 Å². The maximum absolute atomic E-state index is 11.6. The lowest BCUT2D eigenvalue weighted by Gasteiger charge is -2.45. The topological polar surface area (TPSA) is 82.2 Å². The zero-order valence-corrected chi connectivity index (χ0v) is 13.2. The number of nitrogens with one attached hydrogen (secondary N) is 1. The Morgan fingerprint density at radius 2 is 2.00 bits per heavy atom. The van der Waals surface area contributed by atoms with Gasteiger partial charge in [-0.3, -0.25) is 9.69 Å². The molecule has 1 aliphatic rings. The third-order valence-electron chi connectivity index (χ3n) is 4.02. The Balaban J connectivity index is 2.76. The van der Waals surface area contributed by atoms with E-state index in [0.717, 1.165) is 25.7 Å². The van der Waals surface area contributed by atoms with Crippen LogP contribution < -0.4 is 11.1 Å². The lowest BCUT2D eigenvalue weighted by atomic mass is 9.72. The number of alkyl halides is 1. The number of amides is 1. The smallest absolute Gasteiger partial charge is 0.230 e. The second kappa shape index (κ2) is 6.17. The molecule has 6 heteroatoms. The van der Waals surface area contributed by atoms with Crippen molar-refractivity contribution in [2.45, 2.75) is 36.8 Å². The molecule has 1 saturated carbocycles. The largest absolute Gasteiger partial charge is 0.349 e. The normalized spacial score (nSPS) is 32.0. The molecular formula is C12H21IN4O. The van der Waals surface area contributed by atoms with Gasteiger partial charge in [0.25, 0.3) is 0 Å². The van der Waals surface area contributed by atoms with E-state index in [0.29, 0.717) is 11.0 Å². The number of nitriles is 1. The van der Waals surface area contributed by atoms with E-state index in [1.807, 2.05) is 41.6 Å². The molecule has 1 amide bonds. The number of nitrogens with two attached hydrogens (primary N) is 1. The Hall–Kier alpha value is -0.390. The van der Waals surface area contributed by atoms with Gasteiger partial charge >= 0.3 is 0 Å². The van der Waals surface area contributed by atoms with Crippen LogP contribution in [0.5, 0.6) is 0 Å². The number of rotatable bonds is 4. The highest BCUT2D eigenvalue weighted by Gasteiger charge is 2.44. The van der Waals surface area contributed by atoms with Crippen LogP contribution in [0.2, 0.25) is 0 Å². The molecule has 102 valence electrons. The first-order valence-corrected chi connectivity index (χ1v) is 7.62. The first-order valence-electron chi connectivity index (χ1n) is 6.09. The zero-order valence-electron chi connectivity index (χ0n) is 11.0. The second-order valence-electron chi connectivity index (χ2n) is 5.20. The van der Waals surface area contributed by atoms with E-state index >= 15 is 0 Å². The van der Waals surface area contributed by atoms with E-state index < -0.39 is 5.54 Å². The fourth-order valence-electron chi connectivity index (χ4n) is 2.51. The summed E-state index contributed by atoms with van der Waals surface area (Å²) in [6.07, 6.45) is 3.01. The zero-order chi connectivity index (χ0) is 13.8. The number of hydrogen-bond donors (Lipinski definition) is 2. The van der Waals surface area contributed by atoms with Crippen molar-refractivity contribution < 1.29 is 4.79 Å². The first-order chi connectivity index (χ1) is 8.43. The fraction of sp³-hybridized carbons (Fsp3) is 0.833. The third-order valence-corrected chi connectivity index (χ3v) is 4.71. The molecule has 0 aliphatic heterocycles. The lowest BCUT2D eigenvalue weighted by Crippen LogP contribution is -2.60. The van der Waals surface area contributed by atoms with Crippen molar-refractivity contribution >= 4 is 28.5 Å². The minimum Gasteiger partial charge on any atom is -0.349 e. The Bertz CT molecular complexity index is 342. The van der Waals surface area contributed by atoms with Crippen LogP contribution in [-0.2, 0) is 4.79 Å². The molecule has 1 aliphatic carbocycles. The van der Waals surface area contributed by atoms with Crippen LogP contribution in [0.1, 0.15) is 25.7 Å². The van der Waals surface area contributed by atoms with Gasteiger partial charge in [-0.25, -0.2) is 0 Å². The minimum atomic E-state index is -0.409. The standard InChI is InChI=1S/C12H21IN4O/c1-17(2)12(9-15)5-3-11(8-14,4-6-12)16-10(18)7-13/h3-8,14H2,1-2H3,(H,16,18). The van der Waals surface area contributed by atoms with Gasteiger partial charge in [0.1, 0.15) is 5.54 Å². The third kappa shape index (κ3) is 3.13. The monoisotopic (exact) mass is 364 g/mol. The molecule has 5 nitrogen and oxygen atoms in total. The number of nitrogens with zero attached hydrogens (tertiary/aromatic N) is 2. The summed E-state index contributed by atoms with van der Waals surface area (Å²) in [5.41, 5.74) is 5.10. The summed E-state index contributed by atoms with van der Waals surface area (Å²) in [7, 11) is 3.87. The minimum absolute atomic E-state index is 0.0235. The van der Waals surface area contributed by atoms with E-state index in [1.165, 1.54) is 0 Å². The van der Waals surface area contributed by atoms with E-state index in [9.17, 15) is 10.1 Å². The van der Waals surface area contributed by atoms with Gasteiger partial charge in [-0.05, 0) is 39.8 Å². The second-order valence-corrected chi connectivity index (χ2v) is 5.97. The highest BCUT2D eigenvalue weighted by molar-refractivity contribution is 14.1. The number of halogens is 1. The molecule has 0 heterocycles. The van der Waals surface area contributed by atoms with Crippen LogP contribution in [0.25, 0.3) is 0 Å². The predicted octanol–water partition coefficient (Wildman–Crippen LogP) is 0.633. The molecule has 1 fully saturated rings. The summed E-state index contributed by atoms with van der Waals surface area (Å²) in [5, 5.41) is 12.4. The molecule has 1 rings (SSSR count). The molecule has 0 aromatic carbocycles. The van der Waals surface area contributed by atoms with Crippen LogP contribution in [-0.4, -0.2) is 47.0 Å². The Labute approximate surface area is 122 Å². The van der Waals surface area contributed by atoms with Crippen molar-refractivity contribution in [3.8, 4) is 6.07 Å². The van der Waals surface area contributed by atoms with E-state index in [4.69, 9.17) is 5.73 Å². The molecule has 0 radical (unpaired) electrons. The maximum Gasteiger partial charge on any atom is 0.230 e. The number of carbonyl (C=O) groups excluding carboxylic acids is 1. The van der Waals surface area contributed by atoms with Crippen LogP contribution in [0.3, 0.4) is 0 Å². The average molecular weight is 364 g/mol. The maximum atomic E-state index is 11.6. The highest BCUT2D eigenvalue weighted by Crippen LogP contribution is 2.37. The van der Waals surface area contributed by atoms with Gasteiger partial charge in [-0.15, -0.1) is 0 Å². The van der Waals surface area contributed by atoms with Gasteiger partial charge in [-0.2, -0.15) is 5.26 Å². The van der Waals surface area contributed by atoms with Crippen molar-refractivity contribution in [3.05, 3.63) is 0 Å². The Morgan fingerprint density at radius 1 is 1.44 bits per heavy atom. The summed E-state index contributed by atoms with van der Waals surface area (Å²) in [6, 6.07) is 2.42. The molecular weight excluding hydrogens is 343 g/mol. The van der Waals surface area contributed by atoms with Gasteiger partial charge < -0.3 is 11.1 Å². The van der Waals surface area contributed by atoms with E-state index in [1.54, 1.807) is 0 Å². The van der Waals surface area contributed by atoms with Crippen molar-refractivity contribution in [3.63, 3.8) is 0 Å². The summed E-state index contributed by atoms with van der Waals surface area (Å²) >= 11 is 2.04. The first kappa shape index (κ1) is 15.7. The van der Waals surface area contributed by atoms with Crippen LogP contribution >= 0.6 is 22.6 Å². The molecule has 0 bridgehead atoms. The Kier molecular flexibility index (Phi) is 5.37. The van der Waals surface area contributed by atoms with Gasteiger partial charge in [0.2, 0.25) is 5.91 Å². The SMILES string of the molecule is CN(C)C1(C#N)CCC(CN)(NC(=O)CI)CC1. The summed E-state index contributed by atoms with van der Waals surface area (Å²) in [6.45, 7) is 0.435. The number of hydrogen-bond acceptors (Lipinski definition) is 4. The molecule has 0 spiro atoms. The van der Waals surface area contributed by atoms with Gasteiger partial charge in [0.15, 0.2) is 0 Å². The van der Waals surface area contributed by atoms with Gasteiger partial charge in [-0.1, -0.05) is 22.6 Å². The quantitative estimate of drug-likeness (QED) is 0.567. The van der Waals surface area contributed by atoms with Crippen LogP contribution in [0.15, 0.2) is 0 Å². The molecule has 18 heavy (non-hydrogen) atoms. The van der Waals surface area contributed by atoms with Crippen LogP contribution in [0, 0.1) is 11.3 Å². The van der Waals surface area contributed by atoms with Crippen molar-refractivity contribution in [1.82, 2.24) is 10.2 Å².